The molecule has 0 radical (unpaired) electrons. The van der Waals surface area contributed by atoms with Crippen LogP contribution in [-0.2, 0) is 9.47 Å². The maximum absolute atomic E-state index is 6.75. The van der Waals surface area contributed by atoms with Gasteiger partial charge < -0.3 is 9.47 Å². The van der Waals surface area contributed by atoms with E-state index < -0.39 is 0 Å². The fourth-order valence-electron chi connectivity index (χ4n) is 3.00. The third kappa shape index (κ3) is 4.51. The molecule has 0 saturated carbocycles. The van der Waals surface area contributed by atoms with Crippen LogP contribution < -0.4 is 0 Å². The highest BCUT2D eigenvalue weighted by Crippen LogP contribution is 2.33. The second kappa shape index (κ2) is 7.87. The molecule has 7 heteroatoms. The topological polar surface area (TPSA) is 48.7 Å². The molecule has 1 unspecified atom stereocenters. The summed E-state index contributed by atoms with van der Waals surface area (Å²) >= 11 is 10.3. The normalized spacial score (nSPS) is 13.3. The Balaban J connectivity index is 2.12. The van der Waals surface area contributed by atoms with Crippen molar-refractivity contribution in [2.24, 2.45) is 0 Å². The van der Waals surface area contributed by atoms with Crippen LogP contribution in [0.1, 0.15) is 38.1 Å². The highest BCUT2D eigenvalue weighted by molar-refractivity contribution is 9.10. The lowest BCUT2D eigenvalue weighted by atomic mass is 10.1. The first-order valence-corrected chi connectivity index (χ1v) is 9.85. The molecule has 2 heterocycles. The summed E-state index contributed by atoms with van der Waals surface area (Å²) in [4.78, 5) is 4.71. The lowest BCUT2D eigenvalue weighted by Crippen LogP contribution is -2.26. The van der Waals surface area contributed by atoms with Gasteiger partial charge in [0, 0.05) is 34.5 Å². The van der Waals surface area contributed by atoms with E-state index in [1.807, 2.05) is 58.0 Å². The van der Waals surface area contributed by atoms with E-state index in [0.717, 1.165) is 27.0 Å². The molecule has 0 fully saturated rings. The van der Waals surface area contributed by atoms with Crippen molar-refractivity contribution in [1.82, 2.24) is 14.6 Å². The summed E-state index contributed by atoms with van der Waals surface area (Å²) in [5, 5.41) is 5.16. The van der Waals surface area contributed by atoms with E-state index in [9.17, 15) is 0 Å². The quantitative estimate of drug-likeness (QED) is 0.471. The molecule has 0 bridgehead atoms. The van der Waals surface area contributed by atoms with Crippen LogP contribution >= 0.6 is 27.5 Å². The van der Waals surface area contributed by atoms with Crippen LogP contribution in [0.4, 0.5) is 0 Å². The number of ether oxygens (including phenoxy) is 2. The van der Waals surface area contributed by atoms with Crippen molar-refractivity contribution in [3.8, 4) is 11.3 Å². The van der Waals surface area contributed by atoms with Crippen molar-refractivity contribution < 1.29 is 9.47 Å². The minimum absolute atomic E-state index is 0.335. The molecule has 1 aromatic carbocycles. The lowest BCUT2D eigenvalue weighted by Gasteiger charge is -2.28. The molecule has 3 aromatic rings. The van der Waals surface area contributed by atoms with Crippen LogP contribution in [0.15, 0.2) is 34.8 Å². The third-order valence-corrected chi connectivity index (χ3v) is 4.88. The highest BCUT2D eigenvalue weighted by atomic mass is 79.9. The van der Waals surface area contributed by atoms with Gasteiger partial charge in [0.1, 0.15) is 11.3 Å². The maximum Gasteiger partial charge on any atom is 0.157 e. The van der Waals surface area contributed by atoms with Crippen LogP contribution in [0.3, 0.4) is 0 Å². The Morgan fingerprint density at radius 2 is 2.00 bits per heavy atom. The van der Waals surface area contributed by atoms with Gasteiger partial charge in [-0.2, -0.15) is 5.10 Å². The molecule has 144 valence electrons. The standard InChI is InChI=1S/C20H23BrClN3O2/c1-12-18(16(11-26-5)27-20(2,3)4)19(22)25-17(23-12)10-15(24-25)13-7-6-8-14(21)9-13/h6-10,16H,11H2,1-5H3. The number of aryl methyl sites for hydroxylation is 1. The molecule has 0 aliphatic carbocycles. The van der Waals surface area contributed by atoms with Crippen LogP contribution in [-0.4, -0.2) is 33.9 Å². The molecular formula is C20H23BrClN3O2. The third-order valence-electron chi connectivity index (χ3n) is 4.03. The summed E-state index contributed by atoms with van der Waals surface area (Å²) in [6.45, 7) is 8.32. The van der Waals surface area contributed by atoms with Gasteiger partial charge in [0.2, 0.25) is 0 Å². The first-order valence-electron chi connectivity index (χ1n) is 8.68. The van der Waals surface area contributed by atoms with Gasteiger partial charge in [0.05, 0.1) is 17.9 Å². The Labute approximate surface area is 172 Å². The second-order valence-electron chi connectivity index (χ2n) is 7.39. The number of hydrogen-bond acceptors (Lipinski definition) is 4. The fraction of sp³-hybridized carbons (Fsp3) is 0.400. The Morgan fingerprint density at radius 3 is 2.63 bits per heavy atom. The molecule has 0 amide bonds. The van der Waals surface area contributed by atoms with Gasteiger partial charge >= 0.3 is 0 Å². The minimum atomic E-state index is -0.348. The van der Waals surface area contributed by atoms with Crippen molar-refractivity contribution in [2.45, 2.75) is 39.4 Å². The first-order chi connectivity index (χ1) is 12.7. The first kappa shape index (κ1) is 20.3. The Bertz CT molecular complexity index is 966. The number of benzene rings is 1. The van der Waals surface area contributed by atoms with E-state index in [1.165, 1.54) is 0 Å². The van der Waals surface area contributed by atoms with Gasteiger partial charge in [-0.25, -0.2) is 9.50 Å². The monoisotopic (exact) mass is 451 g/mol. The molecule has 0 aliphatic heterocycles. The van der Waals surface area contributed by atoms with Gasteiger partial charge in [0.25, 0.3) is 0 Å². The van der Waals surface area contributed by atoms with Crippen LogP contribution in [0.2, 0.25) is 5.15 Å². The van der Waals surface area contributed by atoms with E-state index in [-0.39, 0.29) is 11.7 Å². The second-order valence-corrected chi connectivity index (χ2v) is 8.66. The zero-order valence-electron chi connectivity index (χ0n) is 16.1. The molecule has 2 aromatic heterocycles. The summed E-state index contributed by atoms with van der Waals surface area (Å²) in [6.07, 6.45) is -0.335. The summed E-state index contributed by atoms with van der Waals surface area (Å²) < 4.78 is 14.2. The van der Waals surface area contributed by atoms with Gasteiger partial charge in [-0.15, -0.1) is 0 Å². The molecule has 5 nitrogen and oxygen atoms in total. The van der Waals surface area contributed by atoms with Gasteiger partial charge in [-0.05, 0) is 39.8 Å². The van der Waals surface area contributed by atoms with Crippen molar-refractivity contribution >= 4 is 33.2 Å². The van der Waals surface area contributed by atoms with E-state index in [0.29, 0.717) is 17.4 Å². The number of halogens is 2. The highest BCUT2D eigenvalue weighted by Gasteiger charge is 2.27. The molecule has 1 atom stereocenters. The lowest BCUT2D eigenvalue weighted by molar-refractivity contribution is -0.0891. The van der Waals surface area contributed by atoms with E-state index in [1.54, 1.807) is 11.6 Å². The fourth-order valence-corrected chi connectivity index (χ4v) is 3.78. The molecular weight excluding hydrogens is 430 g/mol. The number of nitrogens with zero attached hydrogens (tertiary/aromatic N) is 3. The number of aromatic nitrogens is 3. The Kier molecular flexibility index (Phi) is 5.91. The van der Waals surface area contributed by atoms with Crippen molar-refractivity contribution in [3.63, 3.8) is 0 Å². The molecule has 0 aliphatic rings. The SMILES string of the molecule is COCC(OC(C)(C)C)c1c(C)nc2cc(-c3cccc(Br)c3)nn2c1Cl. The minimum Gasteiger partial charge on any atom is -0.382 e. The Hall–Kier alpha value is -1.47. The van der Waals surface area contributed by atoms with Gasteiger partial charge in [-0.3, -0.25) is 0 Å². The number of hydrogen-bond donors (Lipinski definition) is 0. The molecule has 0 saturated heterocycles. The van der Waals surface area contributed by atoms with Crippen molar-refractivity contribution in [2.75, 3.05) is 13.7 Å². The van der Waals surface area contributed by atoms with Gasteiger partial charge in [-0.1, -0.05) is 39.7 Å². The van der Waals surface area contributed by atoms with Crippen molar-refractivity contribution in [1.29, 1.82) is 0 Å². The van der Waals surface area contributed by atoms with Crippen molar-refractivity contribution in [3.05, 3.63) is 51.2 Å². The predicted octanol–water partition coefficient (Wildman–Crippen LogP) is 5.62. The molecule has 0 N–H and O–H groups in total. The molecule has 27 heavy (non-hydrogen) atoms. The van der Waals surface area contributed by atoms with E-state index in [2.05, 4.69) is 21.0 Å². The van der Waals surface area contributed by atoms with Crippen LogP contribution in [0, 0.1) is 6.92 Å². The zero-order valence-corrected chi connectivity index (χ0v) is 18.4. The van der Waals surface area contributed by atoms with Crippen LogP contribution in [0.25, 0.3) is 16.9 Å². The van der Waals surface area contributed by atoms with E-state index >= 15 is 0 Å². The number of rotatable bonds is 5. The van der Waals surface area contributed by atoms with E-state index in [4.69, 9.17) is 26.1 Å². The summed E-state index contributed by atoms with van der Waals surface area (Å²) in [5.41, 5.74) is 3.75. The zero-order chi connectivity index (χ0) is 19.8. The summed E-state index contributed by atoms with van der Waals surface area (Å²) in [5.74, 6) is 0. The molecule has 0 spiro atoms. The number of fused-ring (bicyclic) bond motifs is 1. The Morgan fingerprint density at radius 1 is 1.26 bits per heavy atom. The molecule has 3 rings (SSSR count). The van der Waals surface area contributed by atoms with Crippen LogP contribution in [0.5, 0.6) is 0 Å². The predicted molar refractivity (Wildman–Crippen MR) is 111 cm³/mol. The maximum atomic E-state index is 6.75. The largest absolute Gasteiger partial charge is 0.382 e. The smallest absolute Gasteiger partial charge is 0.157 e. The average Bonchev–Trinajstić information content (AvgIpc) is 2.98. The number of methoxy groups -OCH3 is 1. The summed E-state index contributed by atoms with van der Waals surface area (Å²) in [7, 11) is 1.65. The average molecular weight is 453 g/mol. The summed E-state index contributed by atoms with van der Waals surface area (Å²) in [6, 6.07) is 9.90. The van der Waals surface area contributed by atoms with Gasteiger partial charge in [0.15, 0.2) is 5.65 Å².